The molecule has 150 valence electrons. The number of hydrogen-bond donors (Lipinski definition) is 2. The van der Waals surface area contributed by atoms with Gasteiger partial charge in [-0.25, -0.2) is 0 Å². The largest absolute Gasteiger partial charge is 0.497 e. The maximum Gasteiger partial charge on any atom is 0.237 e. The number of carbonyl (C=O) groups is 2. The van der Waals surface area contributed by atoms with Crippen molar-refractivity contribution in [3.8, 4) is 5.75 Å². The van der Waals surface area contributed by atoms with Gasteiger partial charge in [-0.15, -0.1) is 10.2 Å². The summed E-state index contributed by atoms with van der Waals surface area (Å²) in [5, 5.41) is 14.5. The van der Waals surface area contributed by atoms with Gasteiger partial charge in [0.15, 0.2) is 10.1 Å². The highest BCUT2D eigenvalue weighted by atomic mass is 32.2. The zero-order valence-electron chi connectivity index (χ0n) is 16.1. The third-order valence-electron chi connectivity index (χ3n) is 3.91. The third-order valence-corrected chi connectivity index (χ3v) is 5.93. The standard InChI is InChI=1S/C20H20N4O3S2/c1-12(25)14-6-4-7-15(10-14)21-18(26)13(2)28-20-24-23-19(29-20)22-16-8-5-9-17(11-16)27-3/h4-11,13H,1-3H3,(H,21,26)(H,22,23)/t13-/m1/s1. The highest BCUT2D eigenvalue weighted by Crippen LogP contribution is 2.31. The van der Waals surface area contributed by atoms with Gasteiger partial charge in [0.05, 0.1) is 12.4 Å². The number of nitrogens with one attached hydrogen (secondary N) is 2. The number of amides is 1. The van der Waals surface area contributed by atoms with Crippen molar-refractivity contribution in [2.24, 2.45) is 0 Å². The van der Waals surface area contributed by atoms with E-state index in [1.165, 1.54) is 30.0 Å². The molecule has 0 unspecified atom stereocenters. The van der Waals surface area contributed by atoms with Crippen LogP contribution in [-0.4, -0.2) is 34.2 Å². The number of ketones is 1. The molecule has 0 radical (unpaired) electrons. The second-order valence-corrected chi connectivity index (χ2v) is 8.68. The third kappa shape index (κ3) is 5.78. The number of Topliss-reactive ketones (excluding diaryl/α,β-unsaturated/α-hetero) is 1. The van der Waals surface area contributed by atoms with Crippen LogP contribution in [0.5, 0.6) is 5.75 Å². The summed E-state index contributed by atoms with van der Waals surface area (Å²) in [6.45, 7) is 3.29. The molecule has 1 atom stereocenters. The van der Waals surface area contributed by atoms with Gasteiger partial charge >= 0.3 is 0 Å². The molecule has 0 fully saturated rings. The smallest absolute Gasteiger partial charge is 0.237 e. The van der Waals surface area contributed by atoms with Crippen LogP contribution in [0.3, 0.4) is 0 Å². The van der Waals surface area contributed by atoms with E-state index in [0.717, 1.165) is 11.4 Å². The molecule has 0 saturated carbocycles. The first-order valence-electron chi connectivity index (χ1n) is 8.77. The number of methoxy groups -OCH3 is 1. The minimum absolute atomic E-state index is 0.0477. The van der Waals surface area contributed by atoms with E-state index in [9.17, 15) is 9.59 Å². The van der Waals surface area contributed by atoms with Gasteiger partial charge < -0.3 is 15.4 Å². The van der Waals surface area contributed by atoms with Gasteiger partial charge in [0.2, 0.25) is 11.0 Å². The van der Waals surface area contributed by atoms with Gasteiger partial charge in [0.25, 0.3) is 0 Å². The van der Waals surface area contributed by atoms with Gasteiger partial charge in [-0.3, -0.25) is 9.59 Å². The fourth-order valence-corrected chi connectivity index (χ4v) is 4.31. The van der Waals surface area contributed by atoms with Gasteiger partial charge in [0, 0.05) is 23.0 Å². The molecule has 7 nitrogen and oxygen atoms in total. The SMILES string of the molecule is COc1cccc(Nc2nnc(S[C@H](C)C(=O)Nc3cccc(C(C)=O)c3)s2)c1. The lowest BCUT2D eigenvalue weighted by Gasteiger charge is -2.10. The maximum atomic E-state index is 12.5. The fourth-order valence-electron chi connectivity index (χ4n) is 2.40. The molecule has 2 N–H and O–H groups in total. The summed E-state index contributed by atoms with van der Waals surface area (Å²) in [7, 11) is 1.61. The van der Waals surface area contributed by atoms with Crippen molar-refractivity contribution in [3.05, 3.63) is 54.1 Å². The number of rotatable bonds is 8. The molecule has 2 aromatic carbocycles. The quantitative estimate of drug-likeness (QED) is 0.400. The number of aromatic nitrogens is 2. The second kappa shape index (κ2) is 9.53. The molecule has 0 spiro atoms. The Bertz CT molecular complexity index is 1020. The van der Waals surface area contributed by atoms with Gasteiger partial charge in [0.1, 0.15) is 5.75 Å². The minimum Gasteiger partial charge on any atom is -0.497 e. The van der Waals surface area contributed by atoms with Crippen LogP contribution in [0.15, 0.2) is 52.9 Å². The Morgan fingerprint density at radius 1 is 1.10 bits per heavy atom. The van der Waals surface area contributed by atoms with E-state index in [-0.39, 0.29) is 16.9 Å². The topological polar surface area (TPSA) is 93.2 Å². The number of nitrogens with zero attached hydrogens (tertiary/aromatic N) is 2. The molecule has 0 aliphatic carbocycles. The molecule has 1 heterocycles. The van der Waals surface area contributed by atoms with Crippen LogP contribution in [0.2, 0.25) is 0 Å². The highest BCUT2D eigenvalue weighted by molar-refractivity contribution is 8.02. The van der Waals surface area contributed by atoms with Crippen LogP contribution in [0.1, 0.15) is 24.2 Å². The summed E-state index contributed by atoms with van der Waals surface area (Å²) in [6.07, 6.45) is 0. The highest BCUT2D eigenvalue weighted by Gasteiger charge is 2.18. The molecule has 0 aliphatic rings. The summed E-state index contributed by atoms with van der Waals surface area (Å²) >= 11 is 2.69. The number of ether oxygens (including phenoxy) is 1. The molecule has 3 aromatic rings. The number of benzene rings is 2. The Labute approximate surface area is 176 Å². The predicted molar refractivity (Wildman–Crippen MR) is 117 cm³/mol. The first-order valence-corrected chi connectivity index (χ1v) is 10.5. The Kier molecular flexibility index (Phi) is 6.84. The van der Waals surface area contributed by atoms with E-state index in [1.54, 1.807) is 38.3 Å². The Balaban J connectivity index is 1.59. The normalized spacial score (nSPS) is 11.6. The zero-order valence-corrected chi connectivity index (χ0v) is 17.8. The fraction of sp³-hybridized carbons (Fsp3) is 0.200. The lowest BCUT2D eigenvalue weighted by molar-refractivity contribution is -0.115. The molecule has 3 rings (SSSR count). The van der Waals surface area contributed by atoms with Crippen LogP contribution in [0.4, 0.5) is 16.5 Å². The van der Waals surface area contributed by atoms with Crippen molar-refractivity contribution in [1.82, 2.24) is 10.2 Å². The lowest BCUT2D eigenvalue weighted by Crippen LogP contribution is -2.22. The Morgan fingerprint density at radius 3 is 2.62 bits per heavy atom. The number of hydrogen-bond acceptors (Lipinski definition) is 8. The summed E-state index contributed by atoms with van der Waals surface area (Å²) < 4.78 is 5.88. The molecule has 1 amide bonds. The summed E-state index contributed by atoms with van der Waals surface area (Å²) in [5.74, 6) is 0.523. The van der Waals surface area contributed by atoms with Crippen LogP contribution in [0, 0.1) is 0 Å². The first-order chi connectivity index (χ1) is 13.9. The molecule has 0 saturated heterocycles. The van der Waals surface area contributed by atoms with Gasteiger partial charge in [-0.1, -0.05) is 41.3 Å². The first kappa shape index (κ1) is 20.8. The predicted octanol–water partition coefficient (Wildman–Crippen LogP) is 4.61. The van der Waals surface area contributed by atoms with Crippen molar-refractivity contribution in [3.63, 3.8) is 0 Å². The van der Waals surface area contributed by atoms with Crippen LogP contribution >= 0.6 is 23.1 Å². The molecule has 0 bridgehead atoms. The minimum atomic E-state index is -0.381. The summed E-state index contributed by atoms with van der Waals surface area (Å²) in [4.78, 5) is 24.0. The van der Waals surface area contributed by atoms with Crippen LogP contribution in [0.25, 0.3) is 0 Å². The van der Waals surface area contributed by atoms with E-state index in [4.69, 9.17) is 4.74 Å². The van der Waals surface area contributed by atoms with Crippen molar-refractivity contribution in [2.45, 2.75) is 23.4 Å². The number of carbonyl (C=O) groups excluding carboxylic acids is 2. The summed E-state index contributed by atoms with van der Waals surface area (Å²) in [5.41, 5.74) is 1.99. The molecular weight excluding hydrogens is 408 g/mol. The van der Waals surface area contributed by atoms with Crippen molar-refractivity contribution in [1.29, 1.82) is 0 Å². The van der Waals surface area contributed by atoms with Gasteiger partial charge in [-0.2, -0.15) is 0 Å². The Morgan fingerprint density at radius 2 is 1.86 bits per heavy atom. The molecular formula is C20H20N4O3S2. The lowest BCUT2D eigenvalue weighted by atomic mass is 10.1. The molecule has 9 heteroatoms. The van der Waals surface area contributed by atoms with Crippen molar-refractivity contribution >= 4 is 51.3 Å². The second-order valence-electron chi connectivity index (χ2n) is 6.12. The maximum absolute atomic E-state index is 12.5. The van der Waals surface area contributed by atoms with Gasteiger partial charge in [-0.05, 0) is 38.1 Å². The molecule has 0 aliphatic heterocycles. The van der Waals surface area contributed by atoms with E-state index in [0.29, 0.717) is 20.7 Å². The van der Waals surface area contributed by atoms with E-state index in [1.807, 2.05) is 24.3 Å². The monoisotopic (exact) mass is 428 g/mol. The number of anilines is 3. The average Bonchev–Trinajstić information content (AvgIpc) is 3.14. The van der Waals surface area contributed by atoms with Crippen LogP contribution < -0.4 is 15.4 Å². The zero-order chi connectivity index (χ0) is 20.8. The van der Waals surface area contributed by atoms with E-state index < -0.39 is 0 Å². The molecule has 1 aromatic heterocycles. The average molecular weight is 429 g/mol. The Hall–Kier alpha value is -2.91. The van der Waals surface area contributed by atoms with Crippen molar-refractivity contribution in [2.75, 3.05) is 17.7 Å². The molecule has 29 heavy (non-hydrogen) atoms. The summed E-state index contributed by atoms with van der Waals surface area (Å²) in [6, 6.07) is 14.4. The van der Waals surface area contributed by atoms with Crippen molar-refractivity contribution < 1.29 is 14.3 Å². The van der Waals surface area contributed by atoms with E-state index >= 15 is 0 Å². The van der Waals surface area contributed by atoms with E-state index in [2.05, 4.69) is 20.8 Å². The number of thioether (sulfide) groups is 1. The van der Waals surface area contributed by atoms with Crippen LogP contribution in [-0.2, 0) is 4.79 Å².